The summed E-state index contributed by atoms with van der Waals surface area (Å²) in [6, 6.07) is 19.6. The maximum atomic E-state index is 12.4. The summed E-state index contributed by atoms with van der Waals surface area (Å²) in [5.41, 5.74) is 2.06. The minimum Gasteiger partial charge on any atom is -0.344 e. The molecule has 6 nitrogen and oxygen atoms in total. The van der Waals surface area contributed by atoms with E-state index in [1.165, 1.54) is 22.8 Å². The number of carbonyl (C=O) groups is 1. The number of nitrogen functional groups attached to an aromatic ring is 1. The van der Waals surface area contributed by atoms with Gasteiger partial charge in [-0.2, -0.15) is 0 Å². The number of aromatic nitrogens is 3. The van der Waals surface area contributed by atoms with Crippen LogP contribution in [-0.2, 0) is 4.79 Å². The standard InChI is InChI=1S/C17H17N5OS/c18-22-12-19-21-17(22)24-11-15(23)20-16(13-7-3-1-4-8-13)14-9-5-2-6-10-14/h1-10,12,16H,11,18H2,(H,20,23). The van der Waals surface area contributed by atoms with Gasteiger partial charge >= 0.3 is 0 Å². The van der Waals surface area contributed by atoms with E-state index < -0.39 is 0 Å². The molecule has 0 aliphatic heterocycles. The number of carbonyl (C=O) groups excluding carboxylic acids is 1. The zero-order valence-corrected chi connectivity index (χ0v) is 13.7. The maximum absolute atomic E-state index is 12.4. The molecule has 0 atom stereocenters. The fraction of sp³-hybridized carbons (Fsp3) is 0.118. The molecular formula is C17H17N5OS. The number of benzene rings is 2. The Bertz CT molecular complexity index is 752. The number of nitrogens with zero attached hydrogens (tertiary/aromatic N) is 3. The van der Waals surface area contributed by atoms with E-state index in [-0.39, 0.29) is 17.7 Å². The monoisotopic (exact) mass is 339 g/mol. The number of amides is 1. The second-order valence-corrected chi connectivity index (χ2v) is 6.07. The summed E-state index contributed by atoms with van der Waals surface area (Å²) in [5.74, 6) is 5.77. The molecule has 3 N–H and O–H groups in total. The van der Waals surface area contributed by atoms with Crippen LogP contribution in [0.15, 0.2) is 72.1 Å². The Morgan fingerprint density at radius 2 is 1.67 bits per heavy atom. The molecular weight excluding hydrogens is 322 g/mol. The molecule has 0 fully saturated rings. The first-order valence-electron chi connectivity index (χ1n) is 7.41. The predicted octanol–water partition coefficient (Wildman–Crippen LogP) is 1.99. The lowest BCUT2D eigenvalue weighted by molar-refractivity contribution is -0.119. The van der Waals surface area contributed by atoms with Crippen molar-refractivity contribution in [3.8, 4) is 0 Å². The third-order valence-electron chi connectivity index (χ3n) is 3.44. The zero-order chi connectivity index (χ0) is 16.8. The maximum Gasteiger partial charge on any atom is 0.231 e. The van der Waals surface area contributed by atoms with Crippen molar-refractivity contribution >= 4 is 17.7 Å². The fourth-order valence-electron chi connectivity index (χ4n) is 2.32. The quantitative estimate of drug-likeness (QED) is 0.530. The van der Waals surface area contributed by atoms with Gasteiger partial charge in [-0.1, -0.05) is 72.4 Å². The minimum atomic E-state index is -0.198. The van der Waals surface area contributed by atoms with E-state index in [1.807, 2.05) is 60.7 Å². The summed E-state index contributed by atoms with van der Waals surface area (Å²) in [4.78, 5) is 12.4. The van der Waals surface area contributed by atoms with Gasteiger partial charge in [0.2, 0.25) is 11.1 Å². The number of hydrogen-bond donors (Lipinski definition) is 2. The van der Waals surface area contributed by atoms with Crippen molar-refractivity contribution in [3.05, 3.63) is 78.1 Å². The molecule has 122 valence electrons. The van der Waals surface area contributed by atoms with Gasteiger partial charge in [-0.25, -0.2) is 4.68 Å². The summed E-state index contributed by atoms with van der Waals surface area (Å²) in [7, 11) is 0. The highest BCUT2D eigenvalue weighted by Gasteiger charge is 2.17. The topological polar surface area (TPSA) is 85.8 Å². The normalized spacial score (nSPS) is 10.7. The van der Waals surface area contributed by atoms with Crippen LogP contribution in [0, 0.1) is 0 Å². The highest BCUT2D eigenvalue weighted by atomic mass is 32.2. The first-order valence-corrected chi connectivity index (χ1v) is 8.40. The molecule has 0 aliphatic carbocycles. The molecule has 7 heteroatoms. The molecule has 0 saturated carbocycles. The molecule has 0 aliphatic rings. The second kappa shape index (κ2) is 7.65. The molecule has 1 aromatic heterocycles. The van der Waals surface area contributed by atoms with Crippen LogP contribution < -0.4 is 11.2 Å². The van der Waals surface area contributed by atoms with Gasteiger partial charge in [-0.15, -0.1) is 10.2 Å². The van der Waals surface area contributed by atoms with Crippen LogP contribution in [0.2, 0.25) is 0 Å². The second-order valence-electron chi connectivity index (χ2n) is 5.13. The highest BCUT2D eigenvalue weighted by molar-refractivity contribution is 7.99. The number of thioether (sulfide) groups is 1. The van der Waals surface area contributed by atoms with Crippen LogP contribution in [0.5, 0.6) is 0 Å². The van der Waals surface area contributed by atoms with Crippen LogP contribution in [0.25, 0.3) is 0 Å². The van der Waals surface area contributed by atoms with Gasteiger partial charge in [-0.3, -0.25) is 4.79 Å². The average Bonchev–Trinajstić information content (AvgIpc) is 3.04. The first-order chi connectivity index (χ1) is 11.7. The SMILES string of the molecule is Nn1cnnc1SCC(=O)NC(c1ccccc1)c1ccccc1. The Balaban J connectivity index is 1.72. The van der Waals surface area contributed by atoms with Crippen LogP contribution in [0.1, 0.15) is 17.2 Å². The Labute approximate surface area is 144 Å². The van der Waals surface area contributed by atoms with Crippen LogP contribution in [0.3, 0.4) is 0 Å². The Morgan fingerprint density at radius 1 is 1.08 bits per heavy atom. The van der Waals surface area contributed by atoms with Crippen molar-refractivity contribution in [2.75, 3.05) is 11.6 Å². The van der Waals surface area contributed by atoms with Gasteiger partial charge in [0.15, 0.2) is 0 Å². The molecule has 3 aromatic rings. The van der Waals surface area contributed by atoms with E-state index >= 15 is 0 Å². The Hall–Kier alpha value is -2.80. The van der Waals surface area contributed by atoms with Crippen LogP contribution >= 0.6 is 11.8 Å². The van der Waals surface area contributed by atoms with Crippen molar-refractivity contribution in [3.63, 3.8) is 0 Å². The molecule has 1 amide bonds. The highest BCUT2D eigenvalue weighted by Crippen LogP contribution is 2.22. The largest absolute Gasteiger partial charge is 0.344 e. The summed E-state index contributed by atoms with van der Waals surface area (Å²) in [6.07, 6.45) is 1.40. The van der Waals surface area contributed by atoms with E-state index in [1.54, 1.807) is 0 Å². The van der Waals surface area contributed by atoms with Crippen LogP contribution in [0.4, 0.5) is 0 Å². The van der Waals surface area contributed by atoms with E-state index in [0.29, 0.717) is 5.16 Å². The van der Waals surface area contributed by atoms with Crippen molar-refractivity contribution < 1.29 is 4.79 Å². The summed E-state index contributed by atoms with van der Waals surface area (Å²) in [6.45, 7) is 0. The van der Waals surface area contributed by atoms with Crippen molar-refractivity contribution in [2.45, 2.75) is 11.2 Å². The molecule has 0 radical (unpaired) electrons. The smallest absolute Gasteiger partial charge is 0.231 e. The molecule has 0 bridgehead atoms. The first kappa shape index (κ1) is 16.1. The third-order valence-corrected chi connectivity index (χ3v) is 4.40. The molecule has 2 aromatic carbocycles. The van der Waals surface area contributed by atoms with E-state index in [0.717, 1.165) is 11.1 Å². The third kappa shape index (κ3) is 3.94. The number of nitrogens with two attached hydrogens (primary N) is 1. The van der Waals surface area contributed by atoms with Gasteiger partial charge in [0.25, 0.3) is 0 Å². The van der Waals surface area contributed by atoms with Crippen molar-refractivity contribution in [1.82, 2.24) is 20.2 Å². The minimum absolute atomic E-state index is 0.0966. The molecule has 1 heterocycles. The summed E-state index contributed by atoms with van der Waals surface area (Å²) in [5, 5.41) is 11.1. The molecule has 24 heavy (non-hydrogen) atoms. The molecule has 3 rings (SSSR count). The number of hydrogen-bond acceptors (Lipinski definition) is 5. The van der Waals surface area contributed by atoms with Gasteiger partial charge in [0, 0.05) is 0 Å². The predicted molar refractivity (Wildman–Crippen MR) is 93.8 cm³/mol. The molecule has 0 saturated heterocycles. The van der Waals surface area contributed by atoms with E-state index in [2.05, 4.69) is 15.5 Å². The van der Waals surface area contributed by atoms with E-state index in [9.17, 15) is 4.79 Å². The van der Waals surface area contributed by atoms with Gasteiger partial charge in [-0.05, 0) is 11.1 Å². The van der Waals surface area contributed by atoms with Gasteiger partial charge in [0.1, 0.15) is 6.33 Å². The molecule has 0 unspecified atom stereocenters. The lowest BCUT2D eigenvalue weighted by Gasteiger charge is -2.19. The lowest BCUT2D eigenvalue weighted by atomic mass is 9.99. The summed E-state index contributed by atoms with van der Waals surface area (Å²) < 4.78 is 1.30. The average molecular weight is 339 g/mol. The Morgan fingerprint density at radius 3 is 2.17 bits per heavy atom. The van der Waals surface area contributed by atoms with Crippen LogP contribution in [-0.4, -0.2) is 26.5 Å². The van der Waals surface area contributed by atoms with Crippen molar-refractivity contribution in [1.29, 1.82) is 0 Å². The number of nitrogens with one attached hydrogen (secondary N) is 1. The fourth-order valence-corrected chi connectivity index (χ4v) is 2.96. The lowest BCUT2D eigenvalue weighted by Crippen LogP contribution is -2.30. The van der Waals surface area contributed by atoms with Gasteiger partial charge in [0.05, 0.1) is 11.8 Å². The molecule has 0 spiro atoms. The zero-order valence-electron chi connectivity index (χ0n) is 12.9. The van der Waals surface area contributed by atoms with Gasteiger partial charge < -0.3 is 11.2 Å². The van der Waals surface area contributed by atoms with Crippen molar-refractivity contribution in [2.24, 2.45) is 0 Å². The Kier molecular flexibility index (Phi) is 5.12. The van der Waals surface area contributed by atoms with E-state index in [4.69, 9.17) is 5.84 Å². The summed E-state index contributed by atoms with van der Waals surface area (Å²) >= 11 is 1.25. The number of rotatable bonds is 6.